The van der Waals surface area contributed by atoms with Gasteiger partial charge in [0.1, 0.15) is 17.3 Å². The van der Waals surface area contributed by atoms with E-state index in [0.29, 0.717) is 33.6 Å². The summed E-state index contributed by atoms with van der Waals surface area (Å²) in [4.78, 5) is 56.0. The van der Waals surface area contributed by atoms with Crippen LogP contribution in [0.15, 0.2) is 23.2 Å². The number of aromatic nitrogens is 1. The molecule has 0 bridgehead atoms. The first-order valence-electron chi connectivity index (χ1n) is 13.3. The lowest BCUT2D eigenvalue weighted by atomic mass is 9.88. The Morgan fingerprint density at radius 2 is 1.95 bits per heavy atom. The van der Waals surface area contributed by atoms with Crippen molar-refractivity contribution in [2.75, 3.05) is 37.1 Å². The summed E-state index contributed by atoms with van der Waals surface area (Å²) < 4.78 is 18.1. The Hall–Kier alpha value is -3.16. The number of amides is 2. The number of anilines is 1. The van der Waals surface area contributed by atoms with Gasteiger partial charge in [-0.25, -0.2) is 4.79 Å². The van der Waals surface area contributed by atoms with E-state index in [1.165, 1.54) is 29.8 Å². The highest BCUT2D eigenvalue weighted by Crippen LogP contribution is 2.40. The smallest absolute Gasteiger partial charge is 0.341 e. The van der Waals surface area contributed by atoms with Crippen molar-refractivity contribution in [3.05, 3.63) is 39.0 Å². The Kier molecular flexibility index (Phi) is 10.6. The first-order chi connectivity index (χ1) is 19.7. The lowest BCUT2D eigenvalue weighted by molar-refractivity contribution is -0.141. The van der Waals surface area contributed by atoms with Gasteiger partial charge in [0.05, 0.1) is 47.6 Å². The van der Waals surface area contributed by atoms with Gasteiger partial charge in [0.25, 0.3) is 5.91 Å². The number of benzene rings is 1. The topological polar surface area (TPSA) is 125 Å². The molecule has 1 atom stereocenters. The van der Waals surface area contributed by atoms with E-state index in [4.69, 9.17) is 14.2 Å². The maximum Gasteiger partial charge on any atom is 0.341 e. The Labute approximate surface area is 250 Å². The van der Waals surface area contributed by atoms with E-state index in [1.807, 2.05) is 19.1 Å². The van der Waals surface area contributed by atoms with Crippen molar-refractivity contribution in [2.45, 2.75) is 46.6 Å². The summed E-state index contributed by atoms with van der Waals surface area (Å²) in [5, 5.41) is 3.37. The number of ether oxygens (including phenoxy) is 3. The predicted octanol–water partition coefficient (Wildman–Crippen LogP) is 4.44. The van der Waals surface area contributed by atoms with Crippen molar-refractivity contribution in [3.8, 4) is 5.75 Å². The number of esters is 2. The molecule has 10 nitrogen and oxygen atoms in total. The molecule has 2 heterocycles. The summed E-state index contributed by atoms with van der Waals surface area (Å²) in [5.74, 6) is -0.472. The Bertz CT molecular complexity index is 1520. The Morgan fingerprint density at radius 3 is 2.68 bits per heavy atom. The number of hydrogen-bond acceptors (Lipinski definition) is 10. The highest BCUT2D eigenvalue weighted by atomic mass is 32.2. The van der Waals surface area contributed by atoms with Crippen LogP contribution in [0.3, 0.4) is 0 Å². The molecule has 3 aromatic rings. The van der Waals surface area contributed by atoms with Gasteiger partial charge < -0.3 is 24.1 Å². The number of carbonyl (C=O) groups is 4. The van der Waals surface area contributed by atoms with Crippen LogP contribution in [0.5, 0.6) is 5.75 Å². The van der Waals surface area contributed by atoms with Crippen molar-refractivity contribution in [2.24, 2.45) is 10.9 Å². The molecule has 0 fully saturated rings. The molecule has 1 N–H and O–H groups in total. The van der Waals surface area contributed by atoms with Crippen LogP contribution in [0.4, 0.5) is 5.00 Å². The molecule has 0 spiro atoms. The van der Waals surface area contributed by atoms with Crippen LogP contribution in [0.2, 0.25) is 0 Å². The molecular weight excluding hydrogens is 587 g/mol. The van der Waals surface area contributed by atoms with Gasteiger partial charge in [-0.1, -0.05) is 18.3 Å². The molecule has 220 valence electrons. The molecule has 1 aromatic carbocycles. The second kappa shape index (κ2) is 14.1. The first-order valence-corrected chi connectivity index (χ1v) is 16.1. The van der Waals surface area contributed by atoms with E-state index in [0.717, 1.165) is 51.7 Å². The zero-order valence-electron chi connectivity index (χ0n) is 23.4. The highest BCUT2D eigenvalue weighted by molar-refractivity contribution is 8.00. The number of thioether (sulfide) groups is 1. The number of thiophene rings is 1. The van der Waals surface area contributed by atoms with Gasteiger partial charge in [0.2, 0.25) is 5.91 Å². The summed E-state index contributed by atoms with van der Waals surface area (Å²) in [6.07, 6.45) is 2.63. The van der Waals surface area contributed by atoms with Crippen LogP contribution in [0.1, 0.15) is 48.0 Å². The fraction of sp³-hybridized carbons (Fsp3) is 0.464. The van der Waals surface area contributed by atoms with E-state index in [1.54, 1.807) is 17.6 Å². The fourth-order valence-electron chi connectivity index (χ4n) is 4.53. The second-order valence-electron chi connectivity index (χ2n) is 9.43. The SMILES string of the molecule is CCOC(=O)c1c(NC(=O)CSCC(=O)N=c2sc3cc(OCC)ccc3n2CC(=O)OC)sc2c1CCC(C)C2. The molecule has 0 saturated heterocycles. The van der Waals surface area contributed by atoms with Crippen molar-refractivity contribution in [1.82, 2.24) is 4.57 Å². The Balaban J connectivity index is 1.44. The summed E-state index contributed by atoms with van der Waals surface area (Å²) in [6.45, 7) is 6.49. The molecule has 2 amide bonds. The van der Waals surface area contributed by atoms with Crippen molar-refractivity contribution in [3.63, 3.8) is 0 Å². The van der Waals surface area contributed by atoms with Gasteiger partial charge in [0.15, 0.2) is 4.80 Å². The molecule has 4 rings (SSSR count). The van der Waals surface area contributed by atoms with E-state index in [2.05, 4.69) is 17.2 Å². The van der Waals surface area contributed by atoms with Gasteiger partial charge in [-0.2, -0.15) is 4.99 Å². The molecule has 0 radical (unpaired) electrons. The van der Waals surface area contributed by atoms with E-state index in [9.17, 15) is 19.2 Å². The second-order valence-corrected chi connectivity index (χ2v) is 12.5. The van der Waals surface area contributed by atoms with Crippen molar-refractivity contribution >= 4 is 73.4 Å². The molecule has 2 aromatic heterocycles. The van der Waals surface area contributed by atoms with E-state index < -0.39 is 17.8 Å². The molecular formula is C28H33N3O7S3. The van der Waals surface area contributed by atoms with Gasteiger partial charge in [-0.05, 0) is 62.8 Å². The number of fused-ring (bicyclic) bond motifs is 2. The number of carbonyl (C=O) groups excluding carboxylic acids is 4. The van der Waals surface area contributed by atoms with Gasteiger partial charge in [-0.3, -0.25) is 14.4 Å². The summed E-state index contributed by atoms with van der Waals surface area (Å²) in [6, 6.07) is 5.45. The minimum Gasteiger partial charge on any atom is -0.494 e. The first kappa shape index (κ1) is 30.8. The van der Waals surface area contributed by atoms with Crippen LogP contribution in [0.25, 0.3) is 10.2 Å². The average Bonchev–Trinajstić information content (AvgIpc) is 3.45. The molecule has 0 aliphatic heterocycles. The molecule has 1 unspecified atom stereocenters. The van der Waals surface area contributed by atoms with Crippen molar-refractivity contribution < 1.29 is 33.4 Å². The van der Waals surface area contributed by atoms with Crippen LogP contribution < -0.4 is 14.9 Å². The van der Waals surface area contributed by atoms with E-state index in [-0.39, 0.29) is 30.6 Å². The largest absolute Gasteiger partial charge is 0.494 e. The zero-order chi connectivity index (χ0) is 29.5. The maximum atomic E-state index is 12.8. The molecule has 41 heavy (non-hydrogen) atoms. The number of thiazole rings is 1. The third-order valence-corrected chi connectivity index (χ3v) is 9.53. The number of rotatable bonds is 11. The molecule has 1 aliphatic carbocycles. The van der Waals surface area contributed by atoms with Gasteiger partial charge in [0, 0.05) is 4.88 Å². The minimum atomic E-state index is -0.467. The molecule has 0 saturated carbocycles. The van der Waals surface area contributed by atoms with Gasteiger partial charge in [-0.15, -0.1) is 23.1 Å². The predicted molar refractivity (Wildman–Crippen MR) is 161 cm³/mol. The van der Waals surface area contributed by atoms with Crippen LogP contribution >= 0.6 is 34.4 Å². The summed E-state index contributed by atoms with van der Waals surface area (Å²) >= 11 is 3.82. The number of nitrogens with one attached hydrogen (secondary N) is 1. The van der Waals surface area contributed by atoms with Gasteiger partial charge >= 0.3 is 11.9 Å². The fourth-order valence-corrected chi connectivity index (χ4v) is 7.62. The Morgan fingerprint density at radius 1 is 1.15 bits per heavy atom. The number of hydrogen-bond donors (Lipinski definition) is 1. The molecule has 13 heteroatoms. The maximum absolute atomic E-state index is 12.8. The van der Waals surface area contributed by atoms with Crippen LogP contribution in [-0.2, 0) is 43.2 Å². The van der Waals surface area contributed by atoms with Crippen LogP contribution in [-0.4, -0.2) is 60.1 Å². The summed E-state index contributed by atoms with van der Waals surface area (Å²) in [5.41, 5.74) is 2.16. The quantitative estimate of drug-likeness (QED) is 0.313. The third kappa shape index (κ3) is 7.57. The highest BCUT2D eigenvalue weighted by Gasteiger charge is 2.29. The van der Waals surface area contributed by atoms with E-state index >= 15 is 0 Å². The van der Waals surface area contributed by atoms with Crippen LogP contribution in [0, 0.1) is 5.92 Å². The minimum absolute atomic E-state index is 0.00872. The zero-order valence-corrected chi connectivity index (χ0v) is 25.9. The lowest BCUT2D eigenvalue weighted by Gasteiger charge is -2.18. The standard InChI is InChI=1S/C28H33N3O7S3/c1-5-37-17-8-10-19-21(12-17)41-28(31(19)13-24(34)36-4)30-23(33)15-39-14-22(32)29-26-25(27(35)38-6-2)18-9-7-16(3)11-20(18)40-26/h8,10,12,16H,5-7,9,11,13-15H2,1-4H3,(H,29,32). The summed E-state index contributed by atoms with van der Waals surface area (Å²) in [7, 11) is 1.30. The normalized spacial score (nSPS) is 14.9. The number of methoxy groups -OCH3 is 1. The molecule has 1 aliphatic rings. The number of nitrogens with zero attached hydrogens (tertiary/aromatic N) is 2. The monoisotopic (exact) mass is 619 g/mol. The lowest BCUT2D eigenvalue weighted by Crippen LogP contribution is -2.23. The third-order valence-electron chi connectivity index (χ3n) is 6.40. The average molecular weight is 620 g/mol. The van der Waals surface area contributed by atoms with Crippen molar-refractivity contribution in [1.29, 1.82) is 0 Å².